The highest BCUT2D eigenvalue weighted by molar-refractivity contribution is 14.1. The van der Waals surface area contributed by atoms with Gasteiger partial charge in [-0.2, -0.15) is 0 Å². The van der Waals surface area contributed by atoms with Gasteiger partial charge in [0, 0.05) is 12.3 Å². The molecule has 2 rings (SSSR count). The summed E-state index contributed by atoms with van der Waals surface area (Å²) in [6, 6.07) is 0.815. The first-order chi connectivity index (χ1) is 7.02. The summed E-state index contributed by atoms with van der Waals surface area (Å²) in [5, 5.41) is -0.153. The van der Waals surface area contributed by atoms with Crippen molar-refractivity contribution >= 4 is 45.1 Å². The van der Waals surface area contributed by atoms with Crippen LogP contribution in [0, 0.1) is 21.0 Å². The number of halogens is 5. The Labute approximate surface area is 101 Å². The lowest BCUT2D eigenvalue weighted by molar-refractivity contribution is 0.453. The molecule has 0 atom stereocenters. The number of benzene rings is 1. The van der Waals surface area contributed by atoms with Gasteiger partial charge < -0.3 is 0 Å². The molecule has 1 heterocycles. The van der Waals surface area contributed by atoms with Crippen LogP contribution in [0.25, 0.3) is 10.9 Å². The zero-order valence-electron chi connectivity index (χ0n) is 6.99. The fourth-order valence-corrected chi connectivity index (χ4v) is 1.83. The molecule has 1 aromatic carbocycles. The van der Waals surface area contributed by atoms with Gasteiger partial charge >= 0.3 is 0 Å². The van der Waals surface area contributed by atoms with Gasteiger partial charge in [-0.25, -0.2) is 13.2 Å². The third-order valence-corrected chi connectivity index (χ3v) is 3.42. The number of fused-ring (bicyclic) bond motifs is 1. The van der Waals surface area contributed by atoms with E-state index in [1.165, 1.54) is 6.20 Å². The molecule has 0 spiro atoms. The minimum absolute atomic E-state index is 0.00295. The molecule has 0 saturated carbocycles. The van der Waals surface area contributed by atoms with E-state index in [0.29, 0.717) is 3.57 Å². The average Bonchev–Trinajstić information content (AvgIpc) is 2.20. The Morgan fingerprint density at radius 2 is 1.87 bits per heavy atom. The topological polar surface area (TPSA) is 12.9 Å². The monoisotopic (exact) mass is 343 g/mol. The summed E-state index contributed by atoms with van der Waals surface area (Å²) in [6.07, 6.45) is 1.36. The van der Waals surface area contributed by atoms with Crippen molar-refractivity contribution in [3.05, 3.63) is 38.3 Å². The van der Waals surface area contributed by atoms with Crippen molar-refractivity contribution in [1.29, 1.82) is 0 Å². The van der Waals surface area contributed by atoms with Gasteiger partial charge in [0.25, 0.3) is 0 Å². The molecule has 0 unspecified atom stereocenters. The van der Waals surface area contributed by atoms with Crippen molar-refractivity contribution in [3.8, 4) is 0 Å². The molecule has 0 saturated heterocycles. The number of nitrogens with zero attached hydrogens (tertiary/aromatic N) is 1. The summed E-state index contributed by atoms with van der Waals surface area (Å²) in [6.45, 7) is 0. The Balaban J connectivity index is 3.00. The first-order valence-electron chi connectivity index (χ1n) is 3.79. The van der Waals surface area contributed by atoms with E-state index in [4.69, 9.17) is 11.6 Å². The fourth-order valence-electron chi connectivity index (χ4n) is 1.20. The van der Waals surface area contributed by atoms with E-state index in [9.17, 15) is 13.2 Å². The minimum atomic E-state index is -1.53. The number of hydrogen-bond donors (Lipinski definition) is 0. The minimum Gasteiger partial charge on any atom is -0.255 e. The van der Waals surface area contributed by atoms with Gasteiger partial charge in [-0.1, -0.05) is 11.6 Å². The molecule has 1 aromatic heterocycles. The lowest BCUT2D eigenvalue weighted by Crippen LogP contribution is -1.95. The lowest BCUT2D eigenvalue weighted by Gasteiger charge is -2.04. The summed E-state index contributed by atoms with van der Waals surface area (Å²) in [5.41, 5.74) is -0.00295. The highest BCUT2D eigenvalue weighted by atomic mass is 127. The number of aromatic nitrogens is 1. The second-order valence-electron chi connectivity index (χ2n) is 2.80. The van der Waals surface area contributed by atoms with Crippen molar-refractivity contribution in [2.24, 2.45) is 0 Å². The molecule has 0 bridgehead atoms. The van der Waals surface area contributed by atoms with Crippen LogP contribution in [-0.4, -0.2) is 4.98 Å². The molecule has 2 aromatic rings. The summed E-state index contributed by atoms with van der Waals surface area (Å²) in [4.78, 5) is 3.77. The maximum absolute atomic E-state index is 13.4. The predicted molar refractivity (Wildman–Crippen MR) is 59.3 cm³/mol. The Bertz CT molecular complexity index is 559. The summed E-state index contributed by atoms with van der Waals surface area (Å²) in [5.74, 6) is -4.11. The Morgan fingerprint density at radius 1 is 1.20 bits per heavy atom. The van der Waals surface area contributed by atoms with Gasteiger partial charge in [-0.15, -0.1) is 0 Å². The molecule has 0 aliphatic rings. The van der Waals surface area contributed by atoms with Crippen LogP contribution in [0.4, 0.5) is 13.2 Å². The van der Waals surface area contributed by atoms with Crippen LogP contribution < -0.4 is 0 Å². The van der Waals surface area contributed by atoms with Crippen LogP contribution in [0.1, 0.15) is 0 Å². The van der Waals surface area contributed by atoms with E-state index in [0.717, 1.165) is 6.07 Å². The number of hydrogen-bond acceptors (Lipinski definition) is 1. The molecule has 78 valence electrons. The van der Waals surface area contributed by atoms with E-state index in [-0.39, 0.29) is 15.9 Å². The number of rotatable bonds is 0. The van der Waals surface area contributed by atoms with Gasteiger partial charge in [-0.3, -0.25) is 4.98 Å². The average molecular weight is 343 g/mol. The van der Waals surface area contributed by atoms with Crippen LogP contribution in [0.2, 0.25) is 5.02 Å². The van der Waals surface area contributed by atoms with Gasteiger partial charge in [0.2, 0.25) is 0 Å². The van der Waals surface area contributed by atoms with E-state index in [1.807, 2.05) is 22.6 Å². The predicted octanol–water partition coefficient (Wildman–Crippen LogP) is 3.91. The third kappa shape index (κ3) is 1.67. The van der Waals surface area contributed by atoms with Gasteiger partial charge in [0.1, 0.15) is 0 Å². The van der Waals surface area contributed by atoms with Crippen LogP contribution >= 0.6 is 34.2 Å². The van der Waals surface area contributed by atoms with Crippen molar-refractivity contribution in [2.45, 2.75) is 0 Å². The van der Waals surface area contributed by atoms with E-state index in [2.05, 4.69) is 4.98 Å². The molecule has 0 aliphatic heterocycles. The van der Waals surface area contributed by atoms with Gasteiger partial charge in [0.15, 0.2) is 17.5 Å². The van der Waals surface area contributed by atoms with Gasteiger partial charge in [0.05, 0.1) is 19.5 Å². The third-order valence-electron chi connectivity index (χ3n) is 1.89. The first-order valence-corrected chi connectivity index (χ1v) is 5.25. The second kappa shape index (κ2) is 3.79. The number of pyridine rings is 1. The smallest absolute Gasteiger partial charge is 0.195 e. The lowest BCUT2D eigenvalue weighted by atomic mass is 10.2. The summed E-state index contributed by atoms with van der Waals surface area (Å²) in [7, 11) is 0. The Morgan fingerprint density at radius 3 is 2.53 bits per heavy atom. The first kappa shape index (κ1) is 10.9. The maximum atomic E-state index is 13.4. The van der Waals surface area contributed by atoms with Crippen molar-refractivity contribution in [1.82, 2.24) is 4.98 Å². The molecule has 6 heteroatoms. The van der Waals surface area contributed by atoms with E-state index in [1.54, 1.807) is 0 Å². The van der Waals surface area contributed by atoms with E-state index < -0.39 is 17.5 Å². The molecular formula is C9H2ClF3IN. The van der Waals surface area contributed by atoms with Crippen molar-refractivity contribution in [2.75, 3.05) is 0 Å². The highest BCUT2D eigenvalue weighted by Gasteiger charge is 2.17. The molecule has 15 heavy (non-hydrogen) atoms. The molecule has 0 aliphatic carbocycles. The molecule has 0 N–H and O–H groups in total. The van der Waals surface area contributed by atoms with Crippen LogP contribution in [0.15, 0.2) is 12.3 Å². The molecule has 0 amide bonds. The molecular weight excluding hydrogens is 341 g/mol. The van der Waals surface area contributed by atoms with Crippen LogP contribution in [-0.2, 0) is 0 Å². The molecule has 1 nitrogen and oxygen atoms in total. The zero-order valence-corrected chi connectivity index (χ0v) is 9.91. The maximum Gasteiger partial charge on any atom is 0.195 e. The van der Waals surface area contributed by atoms with Gasteiger partial charge in [-0.05, 0) is 22.6 Å². The second-order valence-corrected chi connectivity index (χ2v) is 4.34. The largest absolute Gasteiger partial charge is 0.255 e. The fraction of sp³-hybridized carbons (Fsp3) is 0. The summed E-state index contributed by atoms with van der Waals surface area (Å²) < 4.78 is 39.6. The molecule has 0 fully saturated rings. The zero-order chi connectivity index (χ0) is 11.2. The van der Waals surface area contributed by atoms with E-state index >= 15 is 0 Å². The van der Waals surface area contributed by atoms with Crippen LogP contribution in [0.3, 0.4) is 0 Å². The Hall–Kier alpha value is -0.560. The molecule has 0 radical (unpaired) electrons. The van der Waals surface area contributed by atoms with Crippen molar-refractivity contribution < 1.29 is 13.2 Å². The van der Waals surface area contributed by atoms with Crippen LogP contribution in [0.5, 0.6) is 0 Å². The highest BCUT2D eigenvalue weighted by Crippen LogP contribution is 2.30. The quantitative estimate of drug-likeness (QED) is 0.522. The normalized spacial score (nSPS) is 11.0. The SMILES string of the molecule is Fc1cc2ncc(I)c(Cl)c2c(F)c1F. The standard InChI is InChI=1S/C9H2ClF3IN/c10-7-4(14)2-15-5-1-3(11)8(12)9(13)6(5)7/h1-2H. The van der Waals surface area contributed by atoms with Crippen molar-refractivity contribution in [3.63, 3.8) is 0 Å². The Kier molecular flexibility index (Phi) is 2.76. The summed E-state index contributed by atoms with van der Waals surface area (Å²) >= 11 is 7.61.